The number of unbranched alkanes of at least 4 members (excludes halogenated alkanes) is 12. The summed E-state index contributed by atoms with van der Waals surface area (Å²) in [6, 6.07) is 0. The molecule has 0 saturated carbocycles. The molecular formula is C24H48O6. The van der Waals surface area contributed by atoms with Crippen molar-refractivity contribution in [2.45, 2.75) is 117 Å². The maximum absolute atomic E-state index is 10.6. The van der Waals surface area contributed by atoms with Crippen LogP contribution in [0.25, 0.3) is 0 Å². The van der Waals surface area contributed by atoms with Crippen LogP contribution in [-0.4, -0.2) is 45.6 Å². The predicted octanol–water partition coefficient (Wildman–Crippen LogP) is 5.64. The molecule has 30 heavy (non-hydrogen) atoms. The summed E-state index contributed by atoms with van der Waals surface area (Å²) in [6.07, 6.45) is 17.2. The summed E-state index contributed by atoms with van der Waals surface area (Å²) < 4.78 is 0. The van der Waals surface area contributed by atoms with Crippen molar-refractivity contribution in [3.8, 4) is 0 Å². The van der Waals surface area contributed by atoms with Crippen molar-refractivity contribution in [3.63, 3.8) is 0 Å². The summed E-state index contributed by atoms with van der Waals surface area (Å²) in [6.45, 7) is 4.12. The van der Waals surface area contributed by atoms with E-state index in [9.17, 15) is 9.59 Å². The Morgan fingerprint density at radius 1 is 0.500 bits per heavy atom. The van der Waals surface area contributed by atoms with Crippen LogP contribution in [0.2, 0.25) is 0 Å². The summed E-state index contributed by atoms with van der Waals surface area (Å²) in [5.41, 5.74) is 0. The Morgan fingerprint density at radius 3 is 0.967 bits per heavy atom. The lowest BCUT2D eigenvalue weighted by molar-refractivity contribution is -0.142. The van der Waals surface area contributed by atoms with Crippen LogP contribution in [-0.2, 0) is 9.59 Å². The van der Waals surface area contributed by atoms with E-state index >= 15 is 0 Å². The molecule has 0 aliphatic heterocycles. The highest BCUT2D eigenvalue weighted by molar-refractivity contribution is 5.69. The minimum Gasteiger partial charge on any atom is -0.481 e. The molecule has 0 amide bonds. The Morgan fingerprint density at radius 2 is 0.733 bits per heavy atom. The second-order valence-electron chi connectivity index (χ2n) is 8.45. The molecule has 2 atom stereocenters. The third kappa shape index (κ3) is 24.9. The first-order valence-electron chi connectivity index (χ1n) is 12.0. The van der Waals surface area contributed by atoms with Gasteiger partial charge < -0.3 is 20.4 Å². The van der Waals surface area contributed by atoms with Gasteiger partial charge in [0.1, 0.15) is 0 Å². The smallest absolute Gasteiger partial charge is 0.306 e. The summed E-state index contributed by atoms with van der Waals surface area (Å²) in [4.78, 5) is 21.0. The van der Waals surface area contributed by atoms with E-state index in [-0.39, 0.29) is 18.4 Å². The highest BCUT2D eigenvalue weighted by Crippen LogP contribution is 2.13. The molecule has 0 saturated heterocycles. The van der Waals surface area contributed by atoms with E-state index in [0.717, 1.165) is 70.6 Å². The first-order chi connectivity index (χ1) is 14.4. The number of carboxylic acid groups (broad SMARTS) is 2. The van der Waals surface area contributed by atoms with E-state index < -0.39 is 11.9 Å². The molecule has 0 aliphatic carbocycles. The summed E-state index contributed by atoms with van der Waals surface area (Å²) in [7, 11) is 0. The molecule has 0 heterocycles. The minimum absolute atomic E-state index is 0.187. The fraction of sp³-hybridized carbons (Fsp3) is 0.917. The van der Waals surface area contributed by atoms with E-state index in [1.807, 2.05) is 0 Å². The number of carbonyl (C=O) groups is 2. The normalized spacial score (nSPS) is 12.7. The van der Waals surface area contributed by atoms with Gasteiger partial charge in [-0.2, -0.15) is 0 Å². The zero-order valence-electron chi connectivity index (χ0n) is 19.5. The van der Waals surface area contributed by atoms with Gasteiger partial charge in [0.2, 0.25) is 0 Å². The van der Waals surface area contributed by atoms with Gasteiger partial charge >= 0.3 is 11.9 Å². The number of aliphatic carboxylic acids is 2. The lowest BCUT2D eigenvalue weighted by atomic mass is 10.0. The Hall–Kier alpha value is -1.14. The molecule has 0 aromatic rings. The molecule has 0 rings (SSSR count). The van der Waals surface area contributed by atoms with Crippen molar-refractivity contribution in [1.82, 2.24) is 0 Å². The second kappa shape index (κ2) is 24.1. The largest absolute Gasteiger partial charge is 0.481 e. The van der Waals surface area contributed by atoms with E-state index in [0.29, 0.717) is 6.61 Å². The average molecular weight is 433 g/mol. The van der Waals surface area contributed by atoms with Gasteiger partial charge in [0.05, 0.1) is 11.8 Å². The molecule has 6 heteroatoms. The third-order valence-corrected chi connectivity index (χ3v) is 5.43. The Kier molecular flexibility index (Phi) is 25.0. The first kappa shape index (κ1) is 31.0. The van der Waals surface area contributed by atoms with Gasteiger partial charge in [0.25, 0.3) is 0 Å². The SMILES string of the molecule is CC(CCCCCCCCCCCO)C(=O)O.CC(CCCCCCCO)C(=O)O. The van der Waals surface area contributed by atoms with Gasteiger partial charge in [0, 0.05) is 13.2 Å². The summed E-state index contributed by atoms with van der Waals surface area (Å²) in [5.74, 6) is -1.77. The second-order valence-corrected chi connectivity index (χ2v) is 8.45. The summed E-state index contributed by atoms with van der Waals surface area (Å²) >= 11 is 0. The van der Waals surface area contributed by atoms with Crippen LogP contribution >= 0.6 is 0 Å². The van der Waals surface area contributed by atoms with Crippen molar-refractivity contribution in [3.05, 3.63) is 0 Å². The number of aliphatic hydroxyl groups excluding tert-OH is 2. The molecular weight excluding hydrogens is 384 g/mol. The van der Waals surface area contributed by atoms with Gasteiger partial charge in [-0.1, -0.05) is 90.9 Å². The topological polar surface area (TPSA) is 115 Å². The molecule has 0 aromatic heterocycles. The summed E-state index contributed by atoms with van der Waals surface area (Å²) in [5, 5.41) is 34.4. The maximum atomic E-state index is 10.6. The molecule has 4 N–H and O–H groups in total. The monoisotopic (exact) mass is 432 g/mol. The number of carboxylic acids is 2. The molecule has 0 aliphatic rings. The number of aliphatic hydroxyl groups is 2. The van der Waals surface area contributed by atoms with Crippen LogP contribution in [0.15, 0.2) is 0 Å². The quantitative estimate of drug-likeness (QED) is 0.185. The lowest BCUT2D eigenvalue weighted by Gasteiger charge is -2.05. The fourth-order valence-electron chi connectivity index (χ4n) is 3.14. The molecule has 6 nitrogen and oxygen atoms in total. The maximum Gasteiger partial charge on any atom is 0.306 e. The zero-order valence-corrected chi connectivity index (χ0v) is 19.5. The zero-order chi connectivity index (χ0) is 23.0. The molecule has 0 radical (unpaired) electrons. The number of hydrogen-bond acceptors (Lipinski definition) is 4. The predicted molar refractivity (Wildman–Crippen MR) is 122 cm³/mol. The Labute approximate surface area is 184 Å². The van der Waals surface area contributed by atoms with Crippen molar-refractivity contribution < 1.29 is 30.0 Å². The Balaban J connectivity index is 0. The van der Waals surface area contributed by atoms with E-state index in [2.05, 4.69) is 0 Å². The van der Waals surface area contributed by atoms with Crippen LogP contribution in [0.1, 0.15) is 117 Å². The van der Waals surface area contributed by atoms with Crippen molar-refractivity contribution in [1.29, 1.82) is 0 Å². The van der Waals surface area contributed by atoms with Crippen LogP contribution in [0.5, 0.6) is 0 Å². The van der Waals surface area contributed by atoms with Gasteiger partial charge in [-0.3, -0.25) is 9.59 Å². The molecule has 180 valence electrons. The standard InChI is InChI=1S/C14H28O3.C10H20O3/c1-13(14(16)17)11-9-7-5-3-2-4-6-8-10-12-15;1-9(10(12)13)7-5-3-2-4-6-8-11/h13,15H,2-12H2,1H3,(H,16,17);9,11H,2-8H2,1H3,(H,12,13). The van der Waals surface area contributed by atoms with Crippen LogP contribution in [0.4, 0.5) is 0 Å². The Bertz CT molecular complexity index is 386. The minimum atomic E-state index is -0.699. The third-order valence-electron chi connectivity index (χ3n) is 5.43. The van der Waals surface area contributed by atoms with E-state index in [4.69, 9.17) is 20.4 Å². The van der Waals surface area contributed by atoms with Gasteiger partial charge in [-0.15, -0.1) is 0 Å². The van der Waals surface area contributed by atoms with E-state index in [1.54, 1.807) is 13.8 Å². The fourth-order valence-corrected chi connectivity index (χ4v) is 3.14. The molecule has 0 spiro atoms. The van der Waals surface area contributed by atoms with Crippen LogP contribution < -0.4 is 0 Å². The van der Waals surface area contributed by atoms with Crippen molar-refractivity contribution in [2.75, 3.05) is 13.2 Å². The van der Waals surface area contributed by atoms with Gasteiger partial charge in [0.15, 0.2) is 0 Å². The molecule has 0 aromatic carbocycles. The lowest BCUT2D eigenvalue weighted by Crippen LogP contribution is -2.08. The number of rotatable bonds is 20. The van der Waals surface area contributed by atoms with E-state index in [1.165, 1.54) is 32.1 Å². The average Bonchev–Trinajstić information content (AvgIpc) is 2.71. The van der Waals surface area contributed by atoms with Gasteiger partial charge in [-0.05, 0) is 25.7 Å². The van der Waals surface area contributed by atoms with Crippen molar-refractivity contribution >= 4 is 11.9 Å². The van der Waals surface area contributed by atoms with Crippen LogP contribution in [0.3, 0.4) is 0 Å². The van der Waals surface area contributed by atoms with Crippen LogP contribution in [0, 0.1) is 11.8 Å². The first-order valence-corrected chi connectivity index (χ1v) is 12.0. The molecule has 0 fully saturated rings. The number of hydrogen-bond donors (Lipinski definition) is 4. The molecule has 0 bridgehead atoms. The van der Waals surface area contributed by atoms with Gasteiger partial charge in [-0.25, -0.2) is 0 Å². The molecule has 2 unspecified atom stereocenters. The van der Waals surface area contributed by atoms with Crippen molar-refractivity contribution in [2.24, 2.45) is 11.8 Å². The highest BCUT2D eigenvalue weighted by Gasteiger charge is 2.09. The highest BCUT2D eigenvalue weighted by atomic mass is 16.4.